The van der Waals surface area contributed by atoms with Gasteiger partial charge >= 0.3 is 0 Å². The van der Waals surface area contributed by atoms with Gasteiger partial charge in [-0.2, -0.15) is 0 Å². The number of methoxy groups -OCH3 is 1. The molecule has 7 nitrogen and oxygen atoms in total. The molecule has 118 valence electrons. The normalized spacial score (nSPS) is 28.4. The van der Waals surface area contributed by atoms with E-state index in [0.717, 1.165) is 0 Å². The predicted molar refractivity (Wildman–Crippen MR) is 78.4 cm³/mol. The van der Waals surface area contributed by atoms with Gasteiger partial charge in [0.25, 0.3) is 5.56 Å². The van der Waals surface area contributed by atoms with Crippen LogP contribution < -0.4 is 5.56 Å². The van der Waals surface area contributed by atoms with Gasteiger partial charge in [-0.1, -0.05) is 12.1 Å². The molecule has 1 aromatic carbocycles. The SMILES string of the molecule is CO[C@@H]1O[C@H](Cn2c(=O)c(C)nc3ccccc32)[C@@H](O)[C@H]1O. The summed E-state index contributed by atoms with van der Waals surface area (Å²) in [7, 11) is 1.39. The molecule has 22 heavy (non-hydrogen) atoms. The number of aryl methyl sites for hydroxylation is 1. The molecule has 1 fully saturated rings. The Bertz CT molecular complexity index is 744. The van der Waals surface area contributed by atoms with E-state index in [1.807, 2.05) is 18.2 Å². The summed E-state index contributed by atoms with van der Waals surface area (Å²) in [6.07, 6.45) is -3.89. The highest BCUT2D eigenvalue weighted by atomic mass is 16.7. The number of nitrogens with zero attached hydrogens (tertiary/aromatic N) is 2. The summed E-state index contributed by atoms with van der Waals surface area (Å²) in [5, 5.41) is 19.9. The van der Waals surface area contributed by atoms with Crippen molar-refractivity contribution in [3.8, 4) is 0 Å². The minimum absolute atomic E-state index is 0.112. The van der Waals surface area contributed by atoms with Crippen LogP contribution in [-0.4, -0.2) is 51.5 Å². The number of para-hydroxylation sites is 2. The molecule has 0 amide bonds. The summed E-state index contributed by atoms with van der Waals surface area (Å²) < 4.78 is 12.0. The first-order valence-electron chi connectivity index (χ1n) is 7.03. The highest BCUT2D eigenvalue weighted by molar-refractivity contribution is 5.74. The van der Waals surface area contributed by atoms with E-state index < -0.39 is 24.6 Å². The number of benzene rings is 1. The monoisotopic (exact) mass is 306 g/mol. The van der Waals surface area contributed by atoms with Crippen LogP contribution >= 0.6 is 0 Å². The van der Waals surface area contributed by atoms with E-state index >= 15 is 0 Å². The van der Waals surface area contributed by atoms with Gasteiger partial charge in [0, 0.05) is 7.11 Å². The van der Waals surface area contributed by atoms with Gasteiger partial charge < -0.3 is 24.3 Å². The lowest BCUT2D eigenvalue weighted by Crippen LogP contribution is -2.37. The first kappa shape index (κ1) is 15.1. The molecule has 4 atom stereocenters. The van der Waals surface area contributed by atoms with Crippen LogP contribution in [-0.2, 0) is 16.0 Å². The van der Waals surface area contributed by atoms with Gasteiger partial charge in [-0.15, -0.1) is 0 Å². The lowest BCUT2D eigenvalue weighted by molar-refractivity contribution is -0.150. The topological polar surface area (TPSA) is 93.8 Å². The molecule has 1 aliphatic heterocycles. The number of rotatable bonds is 3. The van der Waals surface area contributed by atoms with Crippen molar-refractivity contribution in [2.75, 3.05) is 7.11 Å². The second kappa shape index (κ2) is 5.77. The van der Waals surface area contributed by atoms with Crippen molar-refractivity contribution in [3.05, 3.63) is 40.3 Å². The number of hydrogen-bond acceptors (Lipinski definition) is 6. The molecule has 2 heterocycles. The molecule has 7 heteroatoms. The zero-order valence-corrected chi connectivity index (χ0v) is 12.3. The van der Waals surface area contributed by atoms with Gasteiger partial charge in [0.2, 0.25) is 0 Å². The number of aromatic nitrogens is 2. The molecular formula is C15H18N2O5. The Kier molecular flexibility index (Phi) is 3.96. The maximum absolute atomic E-state index is 12.4. The molecule has 3 rings (SSSR count). The van der Waals surface area contributed by atoms with Gasteiger partial charge in [-0.3, -0.25) is 4.79 Å². The van der Waals surface area contributed by atoms with Crippen LogP contribution in [0.15, 0.2) is 29.1 Å². The minimum atomic E-state index is -1.14. The Labute approximate surface area is 126 Å². The first-order valence-corrected chi connectivity index (χ1v) is 7.03. The molecule has 1 aliphatic rings. The summed E-state index contributed by atoms with van der Waals surface area (Å²) in [6, 6.07) is 7.26. The average Bonchev–Trinajstić information content (AvgIpc) is 2.79. The predicted octanol–water partition coefficient (Wildman–Crippen LogP) is -0.202. The maximum Gasteiger partial charge on any atom is 0.272 e. The first-order chi connectivity index (χ1) is 10.5. The van der Waals surface area contributed by atoms with E-state index in [4.69, 9.17) is 9.47 Å². The van der Waals surface area contributed by atoms with E-state index in [2.05, 4.69) is 4.98 Å². The molecule has 0 bridgehead atoms. The highest BCUT2D eigenvalue weighted by Crippen LogP contribution is 2.23. The largest absolute Gasteiger partial charge is 0.387 e. The van der Waals surface area contributed by atoms with Crippen molar-refractivity contribution in [2.45, 2.75) is 38.1 Å². The third-order valence-electron chi connectivity index (χ3n) is 3.93. The Hall–Kier alpha value is -1.80. The quantitative estimate of drug-likeness (QED) is 0.815. The fraction of sp³-hybridized carbons (Fsp3) is 0.467. The van der Waals surface area contributed by atoms with Gasteiger partial charge in [-0.25, -0.2) is 4.98 Å². The van der Waals surface area contributed by atoms with Crippen molar-refractivity contribution >= 4 is 11.0 Å². The second-order valence-corrected chi connectivity index (χ2v) is 5.36. The molecule has 0 radical (unpaired) electrons. The zero-order valence-electron chi connectivity index (χ0n) is 12.3. The third-order valence-corrected chi connectivity index (χ3v) is 3.93. The summed E-state index contributed by atoms with van der Waals surface area (Å²) in [6.45, 7) is 1.75. The maximum atomic E-state index is 12.4. The number of hydrogen-bond donors (Lipinski definition) is 2. The fourth-order valence-electron chi connectivity index (χ4n) is 2.74. The third kappa shape index (κ3) is 2.42. The second-order valence-electron chi connectivity index (χ2n) is 5.36. The van der Waals surface area contributed by atoms with Crippen molar-refractivity contribution in [2.24, 2.45) is 0 Å². The lowest BCUT2D eigenvalue weighted by atomic mass is 10.1. The smallest absolute Gasteiger partial charge is 0.272 e. The molecule has 0 unspecified atom stereocenters. The van der Waals surface area contributed by atoms with Crippen molar-refractivity contribution in [1.82, 2.24) is 9.55 Å². The lowest BCUT2D eigenvalue weighted by Gasteiger charge is -2.18. The van der Waals surface area contributed by atoms with E-state index in [-0.39, 0.29) is 12.1 Å². The fourth-order valence-corrected chi connectivity index (χ4v) is 2.74. The summed E-state index contributed by atoms with van der Waals surface area (Å²) in [5.41, 5.74) is 1.47. The van der Waals surface area contributed by atoms with Gasteiger partial charge in [0.1, 0.15) is 24.0 Å². The van der Waals surface area contributed by atoms with Crippen molar-refractivity contribution in [1.29, 1.82) is 0 Å². The van der Waals surface area contributed by atoms with Crippen LogP contribution in [0.25, 0.3) is 11.0 Å². The molecule has 1 saturated heterocycles. The Balaban J connectivity index is 2.01. The molecule has 1 aromatic heterocycles. The number of aliphatic hydroxyl groups excluding tert-OH is 2. The Morgan fingerprint density at radius 3 is 2.73 bits per heavy atom. The Morgan fingerprint density at radius 2 is 2.05 bits per heavy atom. The molecule has 2 N–H and O–H groups in total. The van der Waals surface area contributed by atoms with Crippen molar-refractivity contribution < 1.29 is 19.7 Å². The summed E-state index contributed by atoms with van der Waals surface area (Å²) >= 11 is 0. The van der Waals surface area contributed by atoms with E-state index in [1.54, 1.807) is 13.0 Å². The highest BCUT2D eigenvalue weighted by Gasteiger charge is 2.43. The average molecular weight is 306 g/mol. The van der Waals surface area contributed by atoms with Crippen LogP contribution in [0.5, 0.6) is 0 Å². The molecule has 0 spiro atoms. The summed E-state index contributed by atoms with van der Waals surface area (Å²) in [4.78, 5) is 16.6. The summed E-state index contributed by atoms with van der Waals surface area (Å²) in [5.74, 6) is 0. The standard InChI is InChI=1S/C15H18N2O5/c1-8-14(20)17(10-6-4-3-5-9(10)16-8)7-11-12(18)13(19)15(21-2)22-11/h3-6,11-13,15,18-19H,7H2,1-2H3/t11-,12-,13-,15-/m1/s1. The van der Waals surface area contributed by atoms with Crippen LogP contribution in [0.2, 0.25) is 0 Å². The van der Waals surface area contributed by atoms with Crippen LogP contribution in [0.3, 0.4) is 0 Å². The Morgan fingerprint density at radius 1 is 1.32 bits per heavy atom. The van der Waals surface area contributed by atoms with E-state index in [1.165, 1.54) is 11.7 Å². The molecule has 2 aromatic rings. The molecule has 0 saturated carbocycles. The molecule has 0 aliphatic carbocycles. The van der Waals surface area contributed by atoms with E-state index in [0.29, 0.717) is 16.7 Å². The minimum Gasteiger partial charge on any atom is -0.387 e. The zero-order chi connectivity index (χ0) is 15.9. The van der Waals surface area contributed by atoms with Gasteiger partial charge in [-0.05, 0) is 19.1 Å². The number of aliphatic hydroxyl groups is 2. The van der Waals surface area contributed by atoms with Crippen LogP contribution in [0.1, 0.15) is 5.69 Å². The van der Waals surface area contributed by atoms with Gasteiger partial charge in [0.15, 0.2) is 6.29 Å². The number of fused-ring (bicyclic) bond motifs is 1. The van der Waals surface area contributed by atoms with E-state index in [9.17, 15) is 15.0 Å². The van der Waals surface area contributed by atoms with Crippen LogP contribution in [0.4, 0.5) is 0 Å². The van der Waals surface area contributed by atoms with Crippen LogP contribution in [0, 0.1) is 6.92 Å². The van der Waals surface area contributed by atoms with Gasteiger partial charge in [0.05, 0.1) is 17.6 Å². The van der Waals surface area contributed by atoms with Crippen molar-refractivity contribution in [3.63, 3.8) is 0 Å². The molecular weight excluding hydrogens is 288 g/mol. The number of ether oxygens (including phenoxy) is 2.